The molecule has 2 N–H and O–H groups in total. The van der Waals surface area contributed by atoms with Crippen LogP contribution >= 0.6 is 0 Å². The van der Waals surface area contributed by atoms with Gasteiger partial charge < -0.3 is 14.6 Å². The van der Waals surface area contributed by atoms with Crippen LogP contribution in [0.15, 0.2) is 15.4 Å². The van der Waals surface area contributed by atoms with Gasteiger partial charge in [0.25, 0.3) is 0 Å². The highest BCUT2D eigenvalue weighted by Crippen LogP contribution is 2.21. The molecule has 0 spiro atoms. The maximum absolute atomic E-state index is 12.4. The number of sulfonamides is 1. The largest absolute Gasteiger partial charge is 0.464 e. The Morgan fingerprint density at radius 3 is 2.86 bits per heavy atom. The fourth-order valence-electron chi connectivity index (χ4n) is 2.65. The van der Waals surface area contributed by atoms with E-state index in [9.17, 15) is 8.42 Å². The molecule has 1 unspecified atom stereocenters. The smallest absolute Gasteiger partial charge is 0.244 e. The van der Waals surface area contributed by atoms with E-state index in [2.05, 4.69) is 14.9 Å². The van der Waals surface area contributed by atoms with Crippen LogP contribution in [0.2, 0.25) is 0 Å². The molecular weight excluding hydrogens is 290 g/mol. The minimum absolute atomic E-state index is 0.246. The van der Waals surface area contributed by atoms with Gasteiger partial charge in [0.2, 0.25) is 10.0 Å². The maximum Gasteiger partial charge on any atom is 0.244 e. The molecule has 1 aromatic rings. The minimum atomic E-state index is -3.50. The minimum Gasteiger partial charge on any atom is -0.464 e. The highest BCUT2D eigenvalue weighted by molar-refractivity contribution is 7.89. The summed E-state index contributed by atoms with van der Waals surface area (Å²) in [6.07, 6.45) is 2.16. The van der Waals surface area contributed by atoms with Crippen molar-refractivity contribution in [2.45, 2.75) is 44.2 Å². The molecule has 1 aliphatic rings. The fourth-order valence-corrected chi connectivity index (χ4v) is 3.92. The first-order valence-electron chi connectivity index (χ1n) is 7.44. The van der Waals surface area contributed by atoms with Crippen LogP contribution in [-0.4, -0.2) is 46.0 Å². The summed E-state index contributed by atoms with van der Waals surface area (Å²) in [7, 11) is -1.47. The standard InChI is InChI=1S/C14H25N3O3S/c1-4-15-10-13-8-14(11(2)20-13)21(18,19)16-9-12-6-5-7-17(12)3/h8,12,15-16H,4-7,9-10H2,1-3H3. The molecule has 1 atom stereocenters. The van der Waals surface area contributed by atoms with E-state index < -0.39 is 10.0 Å². The number of aryl methyl sites for hydroxylation is 1. The van der Waals surface area contributed by atoms with E-state index in [4.69, 9.17) is 4.42 Å². The molecule has 6 nitrogen and oxygen atoms in total. The molecule has 1 aliphatic heterocycles. The summed E-state index contributed by atoms with van der Waals surface area (Å²) >= 11 is 0. The van der Waals surface area contributed by atoms with Crippen LogP contribution in [0.4, 0.5) is 0 Å². The number of nitrogens with one attached hydrogen (secondary N) is 2. The van der Waals surface area contributed by atoms with Crippen LogP contribution in [-0.2, 0) is 16.6 Å². The molecule has 0 bridgehead atoms. The van der Waals surface area contributed by atoms with Crippen LogP contribution in [0.25, 0.3) is 0 Å². The van der Waals surface area contributed by atoms with Crippen LogP contribution in [0.3, 0.4) is 0 Å². The molecule has 120 valence electrons. The third-order valence-corrected chi connectivity index (χ3v) is 5.47. The summed E-state index contributed by atoms with van der Waals surface area (Å²) in [4.78, 5) is 2.44. The highest BCUT2D eigenvalue weighted by Gasteiger charge is 2.25. The summed E-state index contributed by atoms with van der Waals surface area (Å²) in [5.74, 6) is 1.09. The van der Waals surface area contributed by atoms with Crippen molar-refractivity contribution in [3.63, 3.8) is 0 Å². The van der Waals surface area contributed by atoms with Crippen molar-refractivity contribution in [3.05, 3.63) is 17.6 Å². The Labute approximate surface area is 126 Å². The van der Waals surface area contributed by atoms with E-state index in [1.807, 2.05) is 14.0 Å². The Bertz CT molecular complexity index is 568. The van der Waals surface area contributed by atoms with Gasteiger partial charge >= 0.3 is 0 Å². The average molecular weight is 315 g/mol. The van der Waals surface area contributed by atoms with Crippen LogP contribution in [0.1, 0.15) is 31.3 Å². The predicted molar refractivity (Wildman–Crippen MR) is 81.7 cm³/mol. The van der Waals surface area contributed by atoms with E-state index in [0.29, 0.717) is 24.6 Å². The first kappa shape index (κ1) is 16.5. The number of furan rings is 1. The molecule has 0 aliphatic carbocycles. The lowest BCUT2D eigenvalue weighted by Crippen LogP contribution is -2.38. The van der Waals surface area contributed by atoms with Gasteiger partial charge in [0.05, 0.1) is 6.54 Å². The zero-order chi connectivity index (χ0) is 15.5. The van der Waals surface area contributed by atoms with Gasteiger partial charge in [-0.25, -0.2) is 13.1 Å². The van der Waals surface area contributed by atoms with Crippen molar-refractivity contribution in [2.24, 2.45) is 0 Å². The molecule has 7 heteroatoms. The second-order valence-corrected chi connectivity index (χ2v) is 7.28. The quantitative estimate of drug-likeness (QED) is 0.787. The Hall–Kier alpha value is -0.890. The van der Waals surface area contributed by atoms with Crippen molar-refractivity contribution >= 4 is 10.0 Å². The van der Waals surface area contributed by atoms with Gasteiger partial charge in [-0.2, -0.15) is 0 Å². The Morgan fingerprint density at radius 2 is 2.24 bits per heavy atom. The van der Waals surface area contributed by atoms with Crippen molar-refractivity contribution < 1.29 is 12.8 Å². The lowest BCUT2D eigenvalue weighted by molar-refractivity contribution is 0.310. The molecule has 1 fully saturated rings. The molecule has 1 saturated heterocycles. The number of hydrogen-bond donors (Lipinski definition) is 2. The molecule has 21 heavy (non-hydrogen) atoms. The predicted octanol–water partition coefficient (Wildman–Crippen LogP) is 1.07. The SMILES string of the molecule is CCNCc1cc(S(=O)(=O)NCC2CCCN2C)c(C)o1. The molecule has 0 aromatic carbocycles. The van der Waals surface area contributed by atoms with Crippen LogP contribution in [0, 0.1) is 6.92 Å². The first-order valence-corrected chi connectivity index (χ1v) is 8.92. The second kappa shape index (κ2) is 6.91. The van der Waals surface area contributed by atoms with Crippen molar-refractivity contribution in [2.75, 3.05) is 26.7 Å². The molecule has 0 amide bonds. The third kappa shape index (κ3) is 4.06. The van der Waals surface area contributed by atoms with Crippen molar-refractivity contribution in [1.29, 1.82) is 0 Å². The zero-order valence-electron chi connectivity index (χ0n) is 13.0. The Balaban J connectivity index is 2.03. The highest BCUT2D eigenvalue weighted by atomic mass is 32.2. The molecule has 0 radical (unpaired) electrons. The topological polar surface area (TPSA) is 74.6 Å². The summed E-state index contributed by atoms with van der Waals surface area (Å²) < 4.78 is 33.0. The summed E-state index contributed by atoms with van der Waals surface area (Å²) in [5, 5.41) is 3.12. The fraction of sp³-hybridized carbons (Fsp3) is 0.714. The molecular formula is C14H25N3O3S. The van der Waals surface area contributed by atoms with Gasteiger partial charge in [0, 0.05) is 18.7 Å². The van der Waals surface area contributed by atoms with E-state index >= 15 is 0 Å². The summed E-state index contributed by atoms with van der Waals surface area (Å²) in [6.45, 7) is 6.51. The number of likely N-dealkylation sites (tertiary alicyclic amines) is 1. The normalized spacial score (nSPS) is 20.2. The molecule has 2 rings (SSSR count). The first-order chi connectivity index (χ1) is 9.94. The molecule has 2 heterocycles. The second-order valence-electron chi connectivity index (χ2n) is 5.54. The monoisotopic (exact) mass is 315 g/mol. The van der Waals surface area contributed by atoms with E-state index in [-0.39, 0.29) is 10.9 Å². The van der Waals surface area contributed by atoms with Gasteiger partial charge in [-0.15, -0.1) is 0 Å². The van der Waals surface area contributed by atoms with E-state index in [1.54, 1.807) is 13.0 Å². The summed E-state index contributed by atoms with van der Waals surface area (Å²) in [6, 6.07) is 1.90. The Kier molecular flexibility index (Phi) is 5.43. The van der Waals surface area contributed by atoms with Gasteiger partial charge in [0.15, 0.2) is 0 Å². The van der Waals surface area contributed by atoms with E-state index in [1.165, 1.54) is 0 Å². The Morgan fingerprint density at radius 1 is 1.48 bits per heavy atom. The lowest BCUT2D eigenvalue weighted by atomic mass is 10.2. The maximum atomic E-state index is 12.4. The average Bonchev–Trinajstić information content (AvgIpc) is 3.00. The van der Waals surface area contributed by atoms with Gasteiger partial charge in [-0.1, -0.05) is 6.92 Å². The van der Waals surface area contributed by atoms with Crippen molar-refractivity contribution in [1.82, 2.24) is 14.9 Å². The number of hydrogen-bond acceptors (Lipinski definition) is 5. The van der Waals surface area contributed by atoms with Gasteiger partial charge in [-0.05, 0) is 39.9 Å². The lowest BCUT2D eigenvalue weighted by Gasteiger charge is -2.19. The number of rotatable bonds is 7. The van der Waals surface area contributed by atoms with Gasteiger partial charge in [0.1, 0.15) is 16.4 Å². The van der Waals surface area contributed by atoms with Crippen molar-refractivity contribution in [3.8, 4) is 0 Å². The molecule has 1 aromatic heterocycles. The molecule has 0 saturated carbocycles. The van der Waals surface area contributed by atoms with Gasteiger partial charge in [-0.3, -0.25) is 0 Å². The zero-order valence-corrected chi connectivity index (χ0v) is 13.8. The van der Waals surface area contributed by atoms with E-state index in [0.717, 1.165) is 25.9 Å². The summed E-state index contributed by atoms with van der Waals surface area (Å²) in [5.41, 5.74) is 0. The third-order valence-electron chi connectivity index (χ3n) is 3.94. The van der Waals surface area contributed by atoms with Crippen LogP contribution in [0.5, 0.6) is 0 Å². The number of likely N-dealkylation sites (N-methyl/N-ethyl adjacent to an activating group) is 1. The van der Waals surface area contributed by atoms with Crippen LogP contribution < -0.4 is 10.0 Å². The number of nitrogens with zero attached hydrogens (tertiary/aromatic N) is 1.